The minimum Gasteiger partial charge on any atom is -0.477 e. The Morgan fingerprint density at radius 1 is 1.52 bits per heavy atom. The minimum atomic E-state index is -3.29. The first kappa shape index (κ1) is 20.9. The van der Waals surface area contributed by atoms with Gasteiger partial charge in [-0.05, 0) is 5.57 Å². The fourth-order valence-corrected chi connectivity index (χ4v) is 4.59. The molecule has 1 saturated heterocycles. The number of carbonyl (C=O) groups excluding carboxylic acids is 2. The van der Waals surface area contributed by atoms with Crippen molar-refractivity contribution in [3.63, 3.8) is 0 Å². The number of carboxylic acid groups (broad SMARTS) is 1. The van der Waals surface area contributed by atoms with E-state index in [2.05, 4.69) is 20.3 Å². The van der Waals surface area contributed by atoms with Crippen LogP contribution in [-0.4, -0.2) is 74.0 Å². The van der Waals surface area contributed by atoms with Gasteiger partial charge in [0.05, 0.1) is 6.61 Å². The van der Waals surface area contributed by atoms with Gasteiger partial charge in [0.15, 0.2) is 10.8 Å². The number of amides is 2. The number of alkyl halides is 2. The van der Waals surface area contributed by atoms with Crippen LogP contribution in [0.15, 0.2) is 21.8 Å². The number of aliphatic hydroxyl groups is 1. The quantitative estimate of drug-likeness (QED) is 0.241. The largest absolute Gasteiger partial charge is 0.477 e. The van der Waals surface area contributed by atoms with Gasteiger partial charge in [-0.2, -0.15) is 8.78 Å². The lowest BCUT2D eigenvalue weighted by atomic mass is 10.0. The molecule has 1 aromatic heterocycles. The molecule has 1 aromatic rings. The van der Waals surface area contributed by atoms with Crippen LogP contribution in [0.25, 0.3) is 0 Å². The van der Waals surface area contributed by atoms with Crippen molar-refractivity contribution in [1.29, 1.82) is 0 Å². The second-order valence-corrected chi connectivity index (χ2v) is 7.65. The van der Waals surface area contributed by atoms with E-state index in [4.69, 9.17) is 5.73 Å². The van der Waals surface area contributed by atoms with E-state index in [-0.39, 0.29) is 27.8 Å². The van der Waals surface area contributed by atoms with E-state index >= 15 is 0 Å². The van der Waals surface area contributed by atoms with Gasteiger partial charge in [-0.1, -0.05) is 5.16 Å². The van der Waals surface area contributed by atoms with Crippen molar-refractivity contribution >= 4 is 51.7 Å². The predicted octanol–water partition coefficient (Wildman–Crippen LogP) is -0.600. The van der Waals surface area contributed by atoms with Gasteiger partial charge in [-0.3, -0.25) is 14.5 Å². The molecule has 0 aromatic carbocycles. The van der Waals surface area contributed by atoms with Crippen LogP contribution in [0, 0.1) is 0 Å². The Kier molecular flexibility index (Phi) is 5.99. The van der Waals surface area contributed by atoms with Crippen molar-refractivity contribution in [2.45, 2.75) is 18.0 Å². The van der Waals surface area contributed by atoms with Crippen LogP contribution in [0.3, 0.4) is 0 Å². The van der Waals surface area contributed by atoms with Crippen LogP contribution in [0.1, 0.15) is 5.69 Å². The summed E-state index contributed by atoms with van der Waals surface area (Å²) in [4.78, 5) is 45.0. The number of anilines is 1. The number of rotatable bonds is 7. The second-order valence-electron chi connectivity index (χ2n) is 5.65. The Morgan fingerprint density at radius 3 is 2.79 bits per heavy atom. The molecule has 0 saturated carbocycles. The van der Waals surface area contributed by atoms with E-state index in [1.54, 1.807) is 0 Å². The number of aliphatic carboxylic acids is 1. The molecule has 1 fully saturated rings. The van der Waals surface area contributed by atoms with E-state index < -0.39 is 48.1 Å². The number of nitrogens with one attached hydrogen (secondary N) is 1. The first-order valence-electron chi connectivity index (χ1n) is 7.79. The second kappa shape index (κ2) is 8.30. The molecule has 15 heteroatoms. The molecule has 11 nitrogen and oxygen atoms in total. The van der Waals surface area contributed by atoms with E-state index in [1.807, 2.05) is 0 Å². The third-order valence-corrected chi connectivity index (χ3v) is 5.94. The summed E-state index contributed by atoms with van der Waals surface area (Å²) in [6, 6.07) is -1.13. The number of thioether (sulfide) groups is 1. The van der Waals surface area contributed by atoms with Gasteiger partial charge < -0.3 is 26.1 Å². The lowest BCUT2D eigenvalue weighted by molar-refractivity contribution is -0.150. The fraction of sp³-hybridized carbons (Fsp3) is 0.357. The molecule has 2 aliphatic heterocycles. The smallest absolute Gasteiger partial charge is 0.407 e. The number of nitrogens with zero attached hydrogens (tertiary/aromatic N) is 3. The molecule has 3 rings (SSSR count). The summed E-state index contributed by atoms with van der Waals surface area (Å²) in [7, 11) is 0. The highest BCUT2D eigenvalue weighted by atomic mass is 32.2. The maximum absolute atomic E-state index is 12.5. The SMILES string of the molecule is Nc1nc(/C(=N\OC(F)F)C(=O)NC2C(=O)N3C(C(=O)O)=C(CO)CS[C@H]23)cs1. The van der Waals surface area contributed by atoms with Crippen LogP contribution in [-0.2, 0) is 19.2 Å². The number of aromatic nitrogens is 1. The number of nitrogen functional groups attached to an aromatic ring is 1. The molecule has 0 spiro atoms. The number of fused-ring (bicyclic) bond motifs is 1. The van der Waals surface area contributed by atoms with Gasteiger partial charge in [0.1, 0.15) is 22.8 Å². The number of hydrogen-bond acceptors (Lipinski definition) is 10. The average molecular weight is 449 g/mol. The molecule has 1 unspecified atom stereocenters. The Bertz CT molecular complexity index is 920. The number of carboxylic acids is 1. The molecule has 0 radical (unpaired) electrons. The van der Waals surface area contributed by atoms with Gasteiger partial charge in [0.25, 0.3) is 11.8 Å². The van der Waals surface area contributed by atoms with E-state index in [0.717, 1.165) is 28.0 Å². The number of β-lactam (4-membered cyclic amide) rings is 1. The highest BCUT2D eigenvalue weighted by Crippen LogP contribution is 2.40. The van der Waals surface area contributed by atoms with Gasteiger partial charge in [0, 0.05) is 11.1 Å². The number of aliphatic hydroxyl groups excluding tert-OH is 1. The summed E-state index contributed by atoms with van der Waals surface area (Å²) < 4.78 is 24.7. The zero-order chi connectivity index (χ0) is 21.3. The molecule has 5 N–H and O–H groups in total. The van der Waals surface area contributed by atoms with Crippen molar-refractivity contribution < 1.29 is 38.2 Å². The number of halogens is 2. The molecule has 0 aliphatic carbocycles. The predicted molar refractivity (Wildman–Crippen MR) is 96.9 cm³/mol. The van der Waals surface area contributed by atoms with Gasteiger partial charge in [0.2, 0.25) is 0 Å². The Balaban J connectivity index is 1.80. The minimum absolute atomic E-state index is 0.0547. The lowest BCUT2D eigenvalue weighted by Crippen LogP contribution is -2.71. The first-order valence-corrected chi connectivity index (χ1v) is 9.72. The first-order chi connectivity index (χ1) is 13.7. The van der Waals surface area contributed by atoms with E-state index in [1.165, 1.54) is 5.38 Å². The van der Waals surface area contributed by atoms with Crippen LogP contribution in [0.4, 0.5) is 13.9 Å². The molecule has 0 bridgehead atoms. The monoisotopic (exact) mass is 449 g/mol. The maximum Gasteiger partial charge on any atom is 0.407 e. The van der Waals surface area contributed by atoms with Crippen molar-refractivity contribution in [3.8, 4) is 0 Å². The number of nitrogens with two attached hydrogens (primary N) is 1. The summed E-state index contributed by atoms with van der Waals surface area (Å²) in [5.74, 6) is -3.01. The fourth-order valence-electron chi connectivity index (χ4n) is 2.71. The molecule has 2 aliphatic rings. The van der Waals surface area contributed by atoms with Gasteiger partial charge in [-0.15, -0.1) is 23.1 Å². The molecule has 29 heavy (non-hydrogen) atoms. The van der Waals surface area contributed by atoms with E-state index in [0.29, 0.717) is 0 Å². The Hall–Kier alpha value is -2.78. The summed E-state index contributed by atoms with van der Waals surface area (Å²) in [5, 5.41) is 24.6. The topological polar surface area (TPSA) is 167 Å². The van der Waals surface area contributed by atoms with Crippen LogP contribution in [0.5, 0.6) is 0 Å². The van der Waals surface area contributed by atoms with Crippen LogP contribution >= 0.6 is 23.1 Å². The third kappa shape index (κ3) is 4.01. The Morgan fingerprint density at radius 2 is 2.24 bits per heavy atom. The summed E-state index contributed by atoms with van der Waals surface area (Å²) in [6.45, 7) is -3.82. The third-order valence-electron chi connectivity index (χ3n) is 3.93. The zero-order valence-corrected chi connectivity index (χ0v) is 15.9. The number of carbonyl (C=O) groups is 3. The molecular formula is C14H13F2N5O6S2. The van der Waals surface area contributed by atoms with Crippen LogP contribution in [0.2, 0.25) is 0 Å². The molecule has 2 atom stereocenters. The zero-order valence-electron chi connectivity index (χ0n) is 14.2. The van der Waals surface area contributed by atoms with Crippen molar-refractivity contribution in [2.24, 2.45) is 5.16 Å². The van der Waals surface area contributed by atoms with E-state index in [9.17, 15) is 33.4 Å². The summed E-state index contributed by atoms with van der Waals surface area (Å²) in [5.41, 5.74) is 4.57. The van der Waals surface area contributed by atoms with Crippen molar-refractivity contribution in [1.82, 2.24) is 15.2 Å². The van der Waals surface area contributed by atoms with Gasteiger partial charge in [-0.25, -0.2) is 9.78 Å². The van der Waals surface area contributed by atoms with Crippen molar-refractivity contribution in [3.05, 3.63) is 22.3 Å². The van der Waals surface area contributed by atoms with Gasteiger partial charge >= 0.3 is 12.6 Å². The number of hydrogen-bond donors (Lipinski definition) is 4. The van der Waals surface area contributed by atoms with Crippen LogP contribution < -0.4 is 11.1 Å². The molecular weight excluding hydrogens is 436 g/mol. The van der Waals surface area contributed by atoms with Crippen molar-refractivity contribution in [2.75, 3.05) is 18.1 Å². The number of oxime groups is 1. The highest BCUT2D eigenvalue weighted by molar-refractivity contribution is 8.00. The highest BCUT2D eigenvalue weighted by Gasteiger charge is 2.54. The number of thiazole rings is 1. The average Bonchev–Trinajstić information content (AvgIpc) is 3.10. The normalized spacial score (nSPS) is 21.7. The standard InChI is InChI=1S/C14H13F2N5O6S2/c15-13(16)27-20-6(5-3-29-14(17)18-5)9(23)19-7-10(24)21-8(12(25)26)4(1-22)2-28-11(7)21/h3,7,11,13,22H,1-2H2,(H2,17,18)(H,19,23)(H,25,26)/b20-6+/t7?,11-/m1/s1. The Labute approximate surface area is 169 Å². The lowest BCUT2D eigenvalue weighted by Gasteiger charge is -2.49. The summed E-state index contributed by atoms with van der Waals surface area (Å²) >= 11 is 2.07. The molecule has 2 amide bonds. The maximum atomic E-state index is 12.5. The molecule has 3 heterocycles. The summed E-state index contributed by atoms with van der Waals surface area (Å²) in [6.07, 6.45) is 0. The molecule has 156 valence electrons.